The summed E-state index contributed by atoms with van der Waals surface area (Å²) in [6.45, 7) is 3.91. The van der Waals surface area contributed by atoms with Crippen LogP contribution in [0.15, 0.2) is 34.7 Å². The van der Waals surface area contributed by atoms with Gasteiger partial charge in [0, 0.05) is 5.69 Å². The van der Waals surface area contributed by atoms with Gasteiger partial charge in [0.25, 0.3) is 0 Å². The molecule has 3 rings (SSSR count). The van der Waals surface area contributed by atoms with Crippen LogP contribution in [-0.4, -0.2) is 9.38 Å². The molecule has 3 aromatic heterocycles. The Balaban J connectivity index is 2.32. The molecule has 0 atom stereocenters. The van der Waals surface area contributed by atoms with Crippen LogP contribution < -0.4 is 5.73 Å². The van der Waals surface area contributed by atoms with Crippen LogP contribution >= 0.6 is 0 Å². The van der Waals surface area contributed by atoms with Gasteiger partial charge in [0.15, 0.2) is 5.76 Å². The third-order valence-corrected chi connectivity index (χ3v) is 2.85. The second kappa shape index (κ2) is 3.38. The number of hydrogen-bond donors (Lipinski definition) is 1. The minimum atomic E-state index is 0.618. The van der Waals surface area contributed by atoms with E-state index in [0.29, 0.717) is 17.3 Å². The van der Waals surface area contributed by atoms with Crippen molar-refractivity contribution in [3.05, 3.63) is 41.8 Å². The molecule has 0 spiro atoms. The summed E-state index contributed by atoms with van der Waals surface area (Å²) < 4.78 is 7.49. The van der Waals surface area contributed by atoms with Gasteiger partial charge in [-0.2, -0.15) is 0 Å². The fourth-order valence-electron chi connectivity index (χ4n) is 2.02. The average molecular weight is 227 g/mol. The number of anilines is 1. The highest BCUT2D eigenvalue weighted by atomic mass is 16.3. The number of imidazole rings is 1. The molecule has 0 fully saturated rings. The summed E-state index contributed by atoms with van der Waals surface area (Å²) >= 11 is 0. The number of aryl methyl sites for hydroxylation is 2. The number of hydrogen-bond acceptors (Lipinski definition) is 3. The zero-order chi connectivity index (χ0) is 12.0. The molecular formula is C13H13N3O. The molecule has 0 radical (unpaired) electrons. The van der Waals surface area contributed by atoms with Crippen LogP contribution in [0.25, 0.3) is 17.1 Å². The molecule has 0 aliphatic heterocycles. The largest absolute Gasteiger partial charge is 0.460 e. The van der Waals surface area contributed by atoms with Gasteiger partial charge in [0.2, 0.25) is 0 Å². The van der Waals surface area contributed by atoms with E-state index >= 15 is 0 Å². The zero-order valence-corrected chi connectivity index (χ0v) is 9.77. The number of nitrogen functional groups attached to an aromatic ring is 1. The Kier molecular flexibility index (Phi) is 1.98. The topological polar surface area (TPSA) is 56.5 Å². The number of fused-ring (bicyclic) bond motifs is 1. The summed E-state index contributed by atoms with van der Waals surface area (Å²) in [5.74, 6) is 2.18. The van der Waals surface area contributed by atoms with Gasteiger partial charge >= 0.3 is 0 Å². The van der Waals surface area contributed by atoms with Crippen molar-refractivity contribution in [2.45, 2.75) is 13.8 Å². The lowest BCUT2D eigenvalue weighted by Crippen LogP contribution is -1.96. The van der Waals surface area contributed by atoms with Gasteiger partial charge in [-0.1, -0.05) is 6.07 Å². The molecule has 4 heteroatoms. The first-order chi connectivity index (χ1) is 8.16. The predicted molar refractivity (Wildman–Crippen MR) is 66.8 cm³/mol. The van der Waals surface area contributed by atoms with E-state index in [1.165, 1.54) is 0 Å². The van der Waals surface area contributed by atoms with E-state index in [0.717, 1.165) is 17.1 Å². The third kappa shape index (κ3) is 1.41. The molecule has 2 N–H and O–H groups in total. The molecule has 0 bridgehead atoms. The van der Waals surface area contributed by atoms with E-state index in [1.807, 2.05) is 48.6 Å². The van der Waals surface area contributed by atoms with Crippen LogP contribution in [0.4, 0.5) is 5.82 Å². The number of nitrogens with zero attached hydrogens (tertiary/aromatic N) is 2. The first-order valence-electron chi connectivity index (χ1n) is 5.47. The summed E-state index contributed by atoms with van der Waals surface area (Å²) in [5, 5.41) is 0. The molecule has 3 aromatic rings. The Bertz CT molecular complexity index is 694. The number of rotatable bonds is 1. The molecule has 0 aliphatic carbocycles. The van der Waals surface area contributed by atoms with Crippen LogP contribution in [0.3, 0.4) is 0 Å². The van der Waals surface area contributed by atoms with Gasteiger partial charge in [0.1, 0.15) is 22.9 Å². The van der Waals surface area contributed by atoms with E-state index in [-0.39, 0.29) is 0 Å². The van der Waals surface area contributed by atoms with E-state index in [2.05, 4.69) is 4.98 Å². The number of nitrogens with two attached hydrogens (primary N) is 1. The maximum absolute atomic E-state index is 6.12. The highest BCUT2D eigenvalue weighted by Gasteiger charge is 2.14. The lowest BCUT2D eigenvalue weighted by Gasteiger charge is -2.00. The van der Waals surface area contributed by atoms with E-state index < -0.39 is 0 Å². The van der Waals surface area contributed by atoms with E-state index in [9.17, 15) is 0 Å². The maximum Gasteiger partial charge on any atom is 0.156 e. The number of aromatic nitrogens is 2. The molecule has 86 valence electrons. The minimum absolute atomic E-state index is 0.618. The average Bonchev–Trinajstić information content (AvgIpc) is 2.84. The number of pyridine rings is 1. The molecule has 0 amide bonds. The van der Waals surface area contributed by atoms with Crippen molar-refractivity contribution in [1.29, 1.82) is 0 Å². The molecule has 0 unspecified atom stereocenters. The second-order valence-corrected chi connectivity index (χ2v) is 4.12. The molecule has 3 heterocycles. The minimum Gasteiger partial charge on any atom is -0.460 e. The van der Waals surface area contributed by atoms with Gasteiger partial charge in [-0.15, -0.1) is 0 Å². The van der Waals surface area contributed by atoms with Crippen molar-refractivity contribution in [2.24, 2.45) is 0 Å². The SMILES string of the molecule is Cc1ccc(-c2nc3cccc(C)n3c2N)o1. The lowest BCUT2D eigenvalue weighted by molar-refractivity contribution is 0.547. The summed E-state index contributed by atoms with van der Waals surface area (Å²) in [6, 6.07) is 9.70. The number of furan rings is 1. The summed E-state index contributed by atoms with van der Waals surface area (Å²) in [6.07, 6.45) is 0. The van der Waals surface area contributed by atoms with Crippen LogP contribution in [0.1, 0.15) is 11.5 Å². The highest BCUT2D eigenvalue weighted by molar-refractivity contribution is 5.72. The molecule has 0 aromatic carbocycles. The Hall–Kier alpha value is -2.23. The van der Waals surface area contributed by atoms with Gasteiger partial charge in [-0.3, -0.25) is 4.40 Å². The Morgan fingerprint density at radius 2 is 2.00 bits per heavy atom. The van der Waals surface area contributed by atoms with Gasteiger partial charge in [0.05, 0.1) is 0 Å². The fraction of sp³-hybridized carbons (Fsp3) is 0.154. The normalized spacial score (nSPS) is 11.2. The van der Waals surface area contributed by atoms with Crippen LogP contribution in [0, 0.1) is 13.8 Å². The van der Waals surface area contributed by atoms with Crippen LogP contribution in [0.2, 0.25) is 0 Å². The Labute approximate surface area is 98.7 Å². The van der Waals surface area contributed by atoms with Crippen molar-refractivity contribution >= 4 is 11.5 Å². The van der Waals surface area contributed by atoms with Crippen molar-refractivity contribution in [2.75, 3.05) is 5.73 Å². The molecular weight excluding hydrogens is 214 g/mol. The summed E-state index contributed by atoms with van der Waals surface area (Å²) in [5.41, 5.74) is 8.72. The lowest BCUT2D eigenvalue weighted by atomic mass is 10.3. The second-order valence-electron chi connectivity index (χ2n) is 4.12. The molecule has 17 heavy (non-hydrogen) atoms. The third-order valence-electron chi connectivity index (χ3n) is 2.85. The van der Waals surface area contributed by atoms with Crippen molar-refractivity contribution in [3.8, 4) is 11.5 Å². The molecule has 0 saturated heterocycles. The molecule has 0 aliphatic rings. The standard InChI is InChI=1S/C13H13N3O/c1-8-4-3-5-11-15-12(13(14)16(8)11)10-7-6-9(2)17-10/h3-7H,14H2,1-2H3. The first kappa shape index (κ1) is 9.96. The first-order valence-corrected chi connectivity index (χ1v) is 5.47. The van der Waals surface area contributed by atoms with Crippen molar-refractivity contribution in [1.82, 2.24) is 9.38 Å². The fourth-order valence-corrected chi connectivity index (χ4v) is 2.02. The van der Waals surface area contributed by atoms with E-state index in [4.69, 9.17) is 10.2 Å². The van der Waals surface area contributed by atoms with Crippen LogP contribution in [-0.2, 0) is 0 Å². The van der Waals surface area contributed by atoms with Gasteiger partial charge in [-0.25, -0.2) is 4.98 Å². The summed E-state index contributed by atoms with van der Waals surface area (Å²) in [7, 11) is 0. The summed E-state index contributed by atoms with van der Waals surface area (Å²) in [4.78, 5) is 4.50. The highest BCUT2D eigenvalue weighted by Crippen LogP contribution is 2.28. The van der Waals surface area contributed by atoms with Gasteiger partial charge in [-0.05, 0) is 38.1 Å². The molecule has 4 nitrogen and oxygen atoms in total. The smallest absolute Gasteiger partial charge is 0.156 e. The van der Waals surface area contributed by atoms with E-state index in [1.54, 1.807) is 0 Å². The maximum atomic E-state index is 6.12. The Morgan fingerprint density at radius 3 is 2.65 bits per heavy atom. The van der Waals surface area contributed by atoms with Crippen molar-refractivity contribution in [3.63, 3.8) is 0 Å². The van der Waals surface area contributed by atoms with Crippen LogP contribution in [0.5, 0.6) is 0 Å². The predicted octanol–water partition coefficient (Wildman–Crippen LogP) is 2.79. The zero-order valence-electron chi connectivity index (χ0n) is 9.77. The quantitative estimate of drug-likeness (QED) is 0.695. The monoisotopic (exact) mass is 227 g/mol. The van der Waals surface area contributed by atoms with Crippen molar-refractivity contribution < 1.29 is 4.42 Å². The molecule has 0 saturated carbocycles. The Morgan fingerprint density at radius 1 is 1.18 bits per heavy atom. The van der Waals surface area contributed by atoms with Gasteiger partial charge < -0.3 is 10.2 Å².